The Labute approximate surface area is 102 Å². The van der Waals surface area contributed by atoms with E-state index in [9.17, 15) is 0 Å². The smallest absolute Gasteiger partial charge is 0.136 e. The molecule has 4 heteroatoms. The molecule has 0 aliphatic rings. The van der Waals surface area contributed by atoms with Gasteiger partial charge in [-0.25, -0.2) is 4.98 Å². The lowest BCUT2D eigenvalue weighted by molar-refractivity contribution is 0.528. The second-order valence-electron chi connectivity index (χ2n) is 3.87. The van der Waals surface area contributed by atoms with E-state index in [4.69, 9.17) is 0 Å². The van der Waals surface area contributed by atoms with Crippen LogP contribution in [-0.4, -0.2) is 15.4 Å². The number of fused-ring (bicyclic) bond motifs is 1. The van der Waals surface area contributed by atoms with Gasteiger partial charge >= 0.3 is 0 Å². The van der Waals surface area contributed by atoms with E-state index in [0.29, 0.717) is 6.04 Å². The van der Waals surface area contributed by atoms with Gasteiger partial charge in [0.05, 0.1) is 11.9 Å². The molecule has 0 aromatic carbocycles. The van der Waals surface area contributed by atoms with E-state index in [1.54, 1.807) is 0 Å². The first-order valence-corrected chi connectivity index (χ1v) is 5.45. The lowest BCUT2D eigenvalue weighted by atomic mass is 10.2. The third-order valence-electron chi connectivity index (χ3n) is 2.74. The minimum absolute atomic E-state index is 0. The first kappa shape index (κ1) is 13.0. The van der Waals surface area contributed by atoms with Crippen molar-refractivity contribution in [1.82, 2.24) is 14.7 Å². The van der Waals surface area contributed by atoms with Crippen LogP contribution in [0.3, 0.4) is 0 Å². The number of halogens is 1. The quantitative estimate of drug-likeness (QED) is 0.889. The van der Waals surface area contributed by atoms with Crippen LogP contribution >= 0.6 is 12.4 Å². The number of aromatic nitrogens is 2. The van der Waals surface area contributed by atoms with Crippen LogP contribution in [0.4, 0.5) is 0 Å². The summed E-state index contributed by atoms with van der Waals surface area (Å²) in [5, 5.41) is 3.47. The van der Waals surface area contributed by atoms with Crippen LogP contribution in [0.25, 0.3) is 5.65 Å². The van der Waals surface area contributed by atoms with Crippen molar-refractivity contribution in [2.24, 2.45) is 0 Å². The summed E-state index contributed by atoms with van der Waals surface area (Å²) in [4.78, 5) is 4.35. The second kappa shape index (κ2) is 5.87. The van der Waals surface area contributed by atoms with Crippen LogP contribution in [0.15, 0.2) is 30.6 Å². The minimum atomic E-state index is 0. The Kier molecular flexibility index (Phi) is 4.77. The molecule has 0 aliphatic carbocycles. The lowest BCUT2D eigenvalue weighted by Gasteiger charge is -2.10. The van der Waals surface area contributed by atoms with Gasteiger partial charge in [0, 0.05) is 18.8 Å². The highest BCUT2D eigenvalue weighted by Gasteiger charge is 2.03. The van der Waals surface area contributed by atoms with Crippen molar-refractivity contribution >= 4 is 18.1 Å². The maximum atomic E-state index is 4.35. The molecule has 2 heterocycles. The largest absolute Gasteiger partial charge is 0.309 e. The van der Waals surface area contributed by atoms with E-state index in [1.807, 2.05) is 24.4 Å². The number of hydrogen-bond donors (Lipinski definition) is 1. The molecule has 2 rings (SSSR count). The molecule has 0 saturated heterocycles. The molecule has 88 valence electrons. The summed E-state index contributed by atoms with van der Waals surface area (Å²) in [5.74, 6) is 0. The van der Waals surface area contributed by atoms with Gasteiger partial charge in [0.15, 0.2) is 0 Å². The number of pyridine rings is 1. The Hall–Kier alpha value is -1.06. The summed E-state index contributed by atoms with van der Waals surface area (Å²) in [6, 6.07) is 6.61. The molecule has 0 bridgehead atoms. The molecule has 1 N–H and O–H groups in total. The van der Waals surface area contributed by atoms with Crippen molar-refractivity contribution < 1.29 is 0 Å². The molecule has 2 aromatic rings. The number of rotatable bonds is 4. The average molecular weight is 240 g/mol. The molecule has 0 aliphatic heterocycles. The Bertz CT molecular complexity index is 439. The third kappa shape index (κ3) is 2.74. The molecular formula is C12H18ClN3. The Morgan fingerprint density at radius 3 is 3.00 bits per heavy atom. The monoisotopic (exact) mass is 239 g/mol. The van der Waals surface area contributed by atoms with E-state index in [-0.39, 0.29) is 12.4 Å². The SMILES string of the molecule is CCC(C)NCc1cnc2ccccn12.Cl. The van der Waals surface area contributed by atoms with Crippen molar-refractivity contribution in [3.8, 4) is 0 Å². The van der Waals surface area contributed by atoms with E-state index in [0.717, 1.165) is 18.6 Å². The summed E-state index contributed by atoms with van der Waals surface area (Å²) < 4.78 is 2.12. The van der Waals surface area contributed by atoms with Crippen LogP contribution in [0.5, 0.6) is 0 Å². The Balaban J connectivity index is 0.00000128. The highest BCUT2D eigenvalue weighted by atomic mass is 35.5. The van der Waals surface area contributed by atoms with Gasteiger partial charge < -0.3 is 9.72 Å². The maximum Gasteiger partial charge on any atom is 0.136 e. The van der Waals surface area contributed by atoms with Crippen molar-refractivity contribution in [3.05, 3.63) is 36.3 Å². The lowest BCUT2D eigenvalue weighted by Crippen LogP contribution is -2.25. The van der Waals surface area contributed by atoms with Crippen LogP contribution in [0, 0.1) is 0 Å². The molecule has 0 radical (unpaired) electrons. The molecule has 0 amide bonds. The number of nitrogens with zero attached hydrogens (tertiary/aromatic N) is 2. The van der Waals surface area contributed by atoms with E-state index >= 15 is 0 Å². The van der Waals surface area contributed by atoms with Crippen molar-refractivity contribution in [2.75, 3.05) is 0 Å². The number of hydrogen-bond acceptors (Lipinski definition) is 2. The predicted molar refractivity (Wildman–Crippen MR) is 69.0 cm³/mol. The molecular weight excluding hydrogens is 222 g/mol. The standard InChI is InChI=1S/C12H17N3.ClH/c1-3-10(2)13-8-11-9-14-12-6-4-5-7-15(11)12;/h4-7,9-10,13H,3,8H2,1-2H3;1H. The van der Waals surface area contributed by atoms with E-state index in [2.05, 4.69) is 34.7 Å². The van der Waals surface area contributed by atoms with Crippen LogP contribution < -0.4 is 5.32 Å². The van der Waals surface area contributed by atoms with Gasteiger partial charge in [-0.2, -0.15) is 0 Å². The zero-order valence-corrected chi connectivity index (χ0v) is 10.5. The summed E-state index contributed by atoms with van der Waals surface area (Å²) in [6.45, 7) is 5.26. The predicted octanol–water partition coefficient (Wildman–Crippen LogP) is 2.64. The van der Waals surface area contributed by atoms with E-state index < -0.39 is 0 Å². The maximum absolute atomic E-state index is 4.35. The van der Waals surface area contributed by atoms with Crippen molar-refractivity contribution in [3.63, 3.8) is 0 Å². The highest BCUT2D eigenvalue weighted by Crippen LogP contribution is 2.06. The molecule has 16 heavy (non-hydrogen) atoms. The average Bonchev–Trinajstić information content (AvgIpc) is 2.69. The van der Waals surface area contributed by atoms with Crippen molar-refractivity contribution in [2.45, 2.75) is 32.9 Å². The van der Waals surface area contributed by atoms with Gasteiger partial charge in [-0.1, -0.05) is 13.0 Å². The first-order valence-electron chi connectivity index (χ1n) is 5.45. The molecule has 0 fully saturated rings. The molecule has 1 unspecified atom stereocenters. The molecule has 1 atom stereocenters. The number of imidazole rings is 1. The fourth-order valence-corrected chi connectivity index (χ4v) is 1.54. The van der Waals surface area contributed by atoms with Gasteiger partial charge in [-0.15, -0.1) is 12.4 Å². The Morgan fingerprint density at radius 1 is 1.44 bits per heavy atom. The Morgan fingerprint density at radius 2 is 2.25 bits per heavy atom. The number of nitrogens with one attached hydrogen (secondary N) is 1. The zero-order valence-electron chi connectivity index (χ0n) is 9.68. The first-order chi connectivity index (χ1) is 7.31. The van der Waals surface area contributed by atoms with Crippen molar-refractivity contribution in [1.29, 1.82) is 0 Å². The van der Waals surface area contributed by atoms with Gasteiger partial charge in [0.25, 0.3) is 0 Å². The van der Waals surface area contributed by atoms with Crippen LogP contribution in [0.2, 0.25) is 0 Å². The topological polar surface area (TPSA) is 29.3 Å². The van der Waals surface area contributed by atoms with Crippen LogP contribution in [-0.2, 0) is 6.54 Å². The fraction of sp³-hybridized carbons (Fsp3) is 0.417. The zero-order chi connectivity index (χ0) is 10.7. The fourth-order valence-electron chi connectivity index (χ4n) is 1.54. The van der Waals surface area contributed by atoms with Gasteiger partial charge in [-0.05, 0) is 25.5 Å². The minimum Gasteiger partial charge on any atom is -0.309 e. The summed E-state index contributed by atoms with van der Waals surface area (Å²) in [5.41, 5.74) is 2.23. The summed E-state index contributed by atoms with van der Waals surface area (Å²) in [6.07, 6.45) is 5.14. The summed E-state index contributed by atoms with van der Waals surface area (Å²) >= 11 is 0. The van der Waals surface area contributed by atoms with E-state index in [1.165, 1.54) is 5.69 Å². The van der Waals surface area contributed by atoms with Gasteiger partial charge in [0.1, 0.15) is 5.65 Å². The molecule has 2 aromatic heterocycles. The molecule has 0 spiro atoms. The van der Waals surface area contributed by atoms with Gasteiger partial charge in [-0.3, -0.25) is 0 Å². The third-order valence-corrected chi connectivity index (χ3v) is 2.74. The van der Waals surface area contributed by atoms with Crippen LogP contribution in [0.1, 0.15) is 26.0 Å². The molecule has 0 saturated carbocycles. The van der Waals surface area contributed by atoms with Gasteiger partial charge in [0.2, 0.25) is 0 Å². The molecule has 3 nitrogen and oxygen atoms in total. The highest BCUT2D eigenvalue weighted by molar-refractivity contribution is 5.85. The second-order valence-corrected chi connectivity index (χ2v) is 3.87. The summed E-state index contributed by atoms with van der Waals surface area (Å²) in [7, 11) is 0. The normalized spacial score (nSPS) is 12.4.